The summed E-state index contributed by atoms with van der Waals surface area (Å²) in [7, 11) is 0. The molecule has 0 aliphatic heterocycles. The summed E-state index contributed by atoms with van der Waals surface area (Å²) in [6.07, 6.45) is 98.9. The molecular formula is C77H128O6. The molecule has 472 valence electrons. The van der Waals surface area contributed by atoms with E-state index in [1.54, 1.807) is 0 Å². The van der Waals surface area contributed by atoms with Crippen LogP contribution in [0.2, 0.25) is 0 Å². The van der Waals surface area contributed by atoms with Crippen LogP contribution in [0.25, 0.3) is 0 Å². The first-order chi connectivity index (χ1) is 41.0. The third-order valence-electron chi connectivity index (χ3n) is 14.6. The van der Waals surface area contributed by atoms with E-state index in [1.807, 2.05) is 0 Å². The molecule has 0 fully saturated rings. The molecule has 0 saturated carbocycles. The van der Waals surface area contributed by atoms with Gasteiger partial charge in [-0.05, 0) is 135 Å². The molecule has 0 aromatic heterocycles. The summed E-state index contributed by atoms with van der Waals surface area (Å²) in [5.41, 5.74) is 0. The summed E-state index contributed by atoms with van der Waals surface area (Å²) in [5.74, 6) is -0.916. The molecule has 0 rings (SSSR count). The van der Waals surface area contributed by atoms with Gasteiger partial charge in [0, 0.05) is 19.3 Å². The van der Waals surface area contributed by atoms with Crippen LogP contribution in [-0.4, -0.2) is 37.2 Å². The first-order valence-corrected chi connectivity index (χ1v) is 34.7. The van der Waals surface area contributed by atoms with Gasteiger partial charge in [-0.3, -0.25) is 14.4 Å². The number of hydrogen-bond acceptors (Lipinski definition) is 6. The number of esters is 3. The Bertz CT molecular complexity index is 1750. The van der Waals surface area contributed by atoms with E-state index in [-0.39, 0.29) is 31.1 Å². The summed E-state index contributed by atoms with van der Waals surface area (Å²) in [6, 6.07) is 0. The lowest BCUT2D eigenvalue weighted by molar-refractivity contribution is -0.167. The van der Waals surface area contributed by atoms with Crippen molar-refractivity contribution in [3.8, 4) is 0 Å². The van der Waals surface area contributed by atoms with Gasteiger partial charge in [0.15, 0.2) is 6.10 Å². The number of allylic oxidation sites excluding steroid dienone is 22. The van der Waals surface area contributed by atoms with Crippen molar-refractivity contribution in [2.24, 2.45) is 0 Å². The molecule has 0 heterocycles. The number of rotatable bonds is 62. The van der Waals surface area contributed by atoms with Gasteiger partial charge in [-0.25, -0.2) is 0 Å². The minimum atomic E-state index is -0.799. The molecule has 1 unspecified atom stereocenters. The number of carbonyl (C=O) groups excluding carboxylic acids is 3. The Morgan fingerprint density at radius 1 is 0.253 bits per heavy atom. The van der Waals surface area contributed by atoms with E-state index in [0.29, 0.717) is 19.3 Å². The van der Waals surface area contributed by atoms with Crippen molar-refractivity contribution in [1.29, 1.82) is 0 Å². The smallest absolute Gasteiger partial charge is 0.306 e. The maximum atomic E-state index is 13.0. The highest BCUT2D eigenvalue weighted by molar-refractivity contribution is 5.71. The molecule has 0 spiro atoms. The number of unbranched alkanes of at least 4 members (excludes halogenated alkanes) is 29. The second-order valence-corrected chi connectivity index (χ2v) is 22.7. The van der Waals surface area contributed by atoms with Crippen molar-refractivity contribution in [2.75, 3.05) is 13.2 Å². The van der Waals surface area contributed by atoms with Crippen LogP contribution in [0.3, 0.4) is 0 Å². The van der Waals surface area contributed by atoms with Gasteiger partial charge >= 0.3 is 17.9 Å². The quantitative estimate of drug-likeness (QED) is 0.0261. The molecule has 0 saturated heterocycles. The van der Waals surface area contributed by atoms with E-state index in [4.69, 9.17) is 14.2 Å². The topological polar surface area (TPSA) is 78.9 Å². The van der Waals surface area contributed by atoms with Crippen LogP contribution in [0.1, 0.15) is 316 Å². The number of hydrogen-bond donors (Lipinski definition) is 0. The second-order valence-electron chi connectivity index (χ2n) is 22.7. The molecular weight excluding hydrogens is 1020 g/mol. The van der Waals surface area contributed by atoms with Crippen molar-refractivity contribution < 1.29 is 28.6 Å². The van der Waals surface area contributed by atoms with Crippen LogP contribution in [0, 0.1) is 0 Å². The van der Waals surface area contributed by atoms with Gasteiger partial charge in [-0.2, -0.15) is 0 Å². The van der Waals surface area contributed by atoms with Crippen molar-refractivity contribution in [3.05, 3.63) is 134 Å². The van der Waals surface area contributed by atoms with E-state index in [0.717, 1.165) is 148 Å². The van der Waals surface area contributed by atoms with Crippen LogP contribution in [0.15, 0.2) is 134 Å². The normalized spacial score (nSPS) is 13.0. The van der Waals surface area contributed by atoms with Gasteiger partial charge in [0.2, 0.25) is 0 Å². The van der Waals surface area contributed by atoms with Crippen molar-refractivity contribution >= 4 is 17.9 Å². The monoisotopic (exact) mass is 1150 g/mol. The fourth-order valence-corrected chi connectivity index (χ4v) is 9.49. The molecule has 6 nitrogen and oxygen atoms in total. The van der Waals surface area contributed by atoms with Crippen molar-refractivity contribution in [2.45, 2.75) is 322 Å². The van der Waals surface area contributed by atoms with E-state index >= 15 is 0 Å². The first-order valence-electron chi connectivity index (χ1n) is 34.7. The van der Waals surface area contributed by atoms with Crippen LogP contribution in [0.4, 0.5) is 0 Å². The predicted molar refractivity (Wildman–Crippen MR) is 362 cm³/mol. The van der Waals surface area contributed by atoms with Crippen molar-refractivity contribution in [3.63, 3.8) is 0 Å². The highest BCUT2D eigenvalue weighted by Gasteiger charge is 2.19. The molecule has 0 bridgehead atoms. The van der Waals surface area contributed by atoms with Gasteiger partial charge in [-0.1, -0.05) is 296 Å². The highest BCUT2D eigenvalue weighted by Crippen LogP contribution is 2.16. The zero-order chi connectivity index (χ0) is 59.9. The third kappa shape index (κ3) is 68.2. The Balaban J connectivity index is 4.38. The van der Waals surface area contributed by atoms with Crippen LogP contribution in [0.5, 0.6) is 0 Å². The molecule has 6 heteroatoms. The molecule has 0 aromatic rings. The lowest BCUT2D eigenvalue weighted by Gasteiger charge is -2.18. The van der Waals surface area contributed by atoms with Gasteiger partial charge in [0.05, 0.1) is 0 Å². The summed E-state index contributed by atoms with van der Waals surface area (Å²) in [4.78, 5) is 38.5. The zero-order valence-corrected chi connectivity index (χ0v) is 54.2. The lowest BCUT2D eigenvalue weighted by atomic mass is 10.0. The highest BCUT2D eigenvalue weighted by atomic mass is 16.6. The fraction of sp³-hybridized carbons (Fsp3) is 0.675. The summed E-state index contributed by atoms with van der Waals surface area (Å²) in [6.45, 7) is 6.40. The summed E-state index contributed by atoms with van der Waals surface area (Å²) in [5, 5.41) is 0. The van der Waals surface area contributed by atoms with E-state index in [1.165, 1.54) is 128 Å². The Morgan fingerprint density at radius 2 is 0.470 bits per heavy atom. The van der Waals surface area contributed by atoms with Crippen LogP contribution in [-0.2, 0) is 28.6 Å². The predicted octanol–water partition coefficient (Wildman–Crippen LogP) is 24.1. The van der Waals surface area contributed by atoms with Gasteiger partial charge in [0.25, 0.3) is 0 Å². The maximum Gasteiger partial charge on any atom is 0.306 e. The Hall–Kier alpha value is -4.45. The molecule has 0 aliphatic rings. The second kappa shape index (κ2) is 70.0. The number of carbonyl (C=O) groups is 3. The average Bonchev–Trinajstić information content (AvgIpc) is 3.49. The van der Waals surface area contributed by atoms with Gasteiger partial charge < -0.3 is 14.2 Å². The maximum absolute atomic E-state index is 13.0. The van der Waals surface area contributed by atoms with Crippen LogP contribution < -0.4 is 0 Å². The summed E-state index contributed by atoms with van der Waals surface area (Å²) < 4.78 is 17.0. The number of ether oxygens (including phenoxy) is 3. The summed E-state index contributed by atoms with van der Waals surface area (Å²) >= 11 is 0. The Morgan fingerprint density at radius 3 is 0.735 bits per heavy atom. The van der Waals surface area contributed by atoms with Gasteiger partial charge in [-0.15, -0.1) is 0 Å². The minimum Gasteiger partial charge on any atom is -0.462 e. The minimum absolute atomic E-state index is 0.0921. The molecule has 1 atom stereocenters. The standard InChI is InChI=1S/C77H128O6/c1-4-7-10-13-16-19-22-25-28-30-32-34-36-37-38-39-41-42-44-46-49-52-55-58-61-64-67-70-76(79)82-73-74(72-81-75(78)69-66-63-60-57-54-51-48-27-24-21-18-15-12-9-6-3)83-77(80)71-68-65-62-59-56-53-50-47-45-43-40-35-33-31-29-26-23-20-17-14-11-8-5-2/h8-9,11-12,17-18,20-22,25-27,29-30,32-33,35-37,43,45,48,74H,4-7,10,13-16,19,23-24,28,31,34,38-42,44,46-47,49-73H2,1-3H3/b11-8-,12-9-,20-17-,21-18-,25-22-,29-26-,32-30-,35-33-,37-36-,45-43-,48-27-. The largest absolute Gasteiger partial charge is 0.462 e. The first kappa shape index (κ1) is 78.5. The van der Waals surface area contributed by atoms with E-state index in [9.17, 15) is 14.4 Å². The SMILES string of the molecule is CC/C=C\C/C=C\C/C=C\C/C=C\C/C=C\CCCCCCCCCC(=O)OC(COC(=O)CCCCCCC/C=C\C/C=C\C/C=C\CC)COC(=O)CCCCCCCCCCCCCC/C=C\C/C=C\C/C=C\CCCCCCC. The molecule has 0 N–H and O–H groups in total. The zero-order valence-electron chi connectivity index (χ0n) is 54.2. The Kier molecular flexibility index (Phi) is 66.3. The lowest BCUT2D eigenvalue weighted by Crippen LogP contribution is -2.30. The molecule has 0 aliphatic carbocycles. The Labute approximate surface area is 513 Å². The average molecular weight is 1150 g/mol. The molecule has 0 amide bonds. The molecule has 0 radical (unpaired) electrons. The molecule has 83 heavy (non-hydrogen) atoms. The van der Waals surface area contributed by atoms with E-state index < -0.39 is 6.10 Å². The fourth-order valence-electron chi connectivity index (χ4n) is 9.49. The third-order valence-corrected chi connectivity index (χ3v) is 14.6. The van der Waals surface area contributed by atoms with E-state index in [2.05, 4.69) is 154 Å². The van der Waals surface area contributed by atoms with Crippen molar-refractivity contribution in [1.82, 2.24) is 0 Å². The van der Waals surface area contributed by atoms with Crippen LogP contribution >= 0.6 is 0 Å². The van der Waals surface area contributed by atoms with Gasteiger partial charge in [0.1, 0.15) is 13.2 Å². The molecule has 0 aromatic carbocycles.